The van der Waals surface area contributed by atoms with Gasteiger partial charge >= 0.3 is 0 Å². The molecule has 4 heteroatoms. The molecular formula is C42H25N3S. The van der Waals surface area contributed by atoms with E-state index in [2.05, 4.69) is 156 Å². The van der Waals surface area contributed by atoms with Gasteiger partial charge in [-0.25, -0.2) is 9.97 Å². The summed E-state index contributed by atoms with van der Waals surface area (Å²) in [6, 6.07) is 54.2. The largest absolute Gasteiger partial charge is 0.292 e. The Morgan fingerprint density at radius 1 is 0.457 bits per heavy atom. The summed E-state index contributed by atoms with van der Waals surface area (Å²) < 4.78 is 3.54. The molecule has 0 N–H and O–H groups in total. The molecule has 0 atom stereocenters. The molecule has 0 aliphatic rings. The van der Waals surface area contributed by atoms with E-state index in [9.17, 15) is 0 Å². The summed E-state index contributed by atoms with van der Waals surface area (Å²) in [4.78, 5) is 11.9. The third kappa shape index (κ3) is 3.77. The van der Waals surface area contributed by atoms with E-state index < -0.39 is 0 Å². The van der Waals surface area contributed by atoms with E-state index in [0.29, 0.717) is 0 Å². The Balaban J connectivity index is 1.34. The van der Waals surface area contributed by atoms with Gasteiger partial charge in [0.1, 0.15) is 16.0 Å². The SMILES string of the molecule is c1ccc(-c2ccc(-c3nc4c(nc3-n3c5cc6ccccc6cc5c5c6ccccc6ccc53)sc3ccccc34)cc2)cc1. The van der Waals surface area contributed by atoms with Gasteiger partial charge in [-0.1, -0.05) is 127 Å². The van der Waals surface area contributed by atoms with Crippen LogP contribution in [0.2, 0.25) is 0 Å². The van der Waals surface area contributed by atoms with Gasteiger partial charge in [0, 0.05) is 26.4 Å². The number of fused-ring (bicyclic) bond motifs is 9. The van der Waals surface area contributed by atoms with Gasteiger partial charge in [-0.15, -0.1) is 11.3 Å². The summed E-state index contributed by atoms with van der Waals surface area (Å²) in [7, 11) is 0. The molecule has 0 aliphatic carbocycles. The molecule has 46 heavy (non-hydrogen) atoms. The van der Waals surface area contributed by atoms with Crippen molar-refractivity contribution in [3.63, 3.8) is 0 Å². The highest BCUT2D eigenvalue weighted by molar-refractivity contribution is 7.25. The molecule has 0 radical (unpaired) electrons. The van der Waals surface area contributed by atoms with Crippen LogP contribution in [0.5, 0.6) is 0 Å². The number of benzene rings is 7. The number of nitrogens with zero attached hydrogens (tertiary/aromatic N) is 3. The zero-order valence-corrected chi connectivity index (χ0v) is 25.5. The lowest BCUT2D eigenvalue weighted by Crippen LogP contribution is -2.03. The van der Waals surface area contributed by atoms with E-state index in [1.807, 2.05) is 0 Å². The van der Waals surface area contributed by atoms with Crippen LogP contribution in [0.15, 0.2) is 152 Å². The molecule has 3 heterocycles. The van der Waals surface area contributed by atoms with Crippen molar-refractivity contribution in [2.24, 2.45) is 0 Å². The summed E-state index contributed by atoms with van der Waals surface area (Å²) >= 11 is 1.71. The van der Waals surface area contributed by atoms with Crippen molar-refractivity contribution in [1.82, 2.24) is 14.5 Å². The Bertz CT molecular complexity index is 2790. The third-order valence-corrected chi connectivity index (χ3v) is 10.2. The number of hydrogen-bond donors (Lipinski definition) is 0. The average molecular weight is 604 g/mol. The van der Waals surface area contributed by atoms with E-state index in [1.54, 1.807) is 11.3 Å². The minimum Gasteiger partial charge on any atom is -0.292 e. The molecular weight excluding hydrogens is 579 g/mol. The molecule has 0 fully saturated rings. The maximum Gasteiger partial charge on any atom is 0.166 e. The van der Waals surface area contributed by atoms with Gasteiger partial charge in [0.05, 0.1) is 11.0 Å². The lowest BCUT2D eigenvalue weighted by atomic mass is 10.0. The first kappa shape index (κ1) is 25.5. The van der Waals surface area contributed by atoms with Crippen LogP contribution in [-0.2, 0) is 0 Å². The minimum absolute atomic E-state index is 0.845. The van der Waals surface area contributed by atoms with E-state index in [-0.39, 0.29) is 0 Å². The van der Waals surface area contributed by atoms with Crippen molar-refractivity contribution < 1.29 is 0 Å². The summed E-state index contributed by atoms with van der Waals surface area (Å²) in [6.45, 7) is 0. The molecule has 0 saturated carbocycles. The van der Waals surface area contributed by atoms with Crippen LogP contribution in [0, 0.1) is 0 Å². The molecule has 3 aromatic heterocycles. The first-order valence-electron chi connectivity index (χ1n) is 15.5. The number of rotatable bonds is 3. The predicted molar refractivity (Wildman–Crippen MR) is 195 cm³/mol. The lowest BCUT2D eigenvalue weighted by Gasteiger charge is -2.13. The Morgan fingerprint density at radius 2 is 1.11 bits per heavy atom. The Kier molecular flexibility index (Phi) is 5.45. The normalized spacial score (nSPS) is 11.9. The Labute approximate surface area is 268 Å². The van der Waals surface area contributed by atoms with Crippen molar-refractivity contribution in [2.75, 3.05) is 0 Å². The predicted octanol–water partition coefficient (Wildman–Crippen LogP) is 11.6. The van der Waals surface area contributed by atoms with E-state index in [4.69, 9.17) is 9.97 Å². The lowest BCUT2D eigenvalue weighted by molar-refractivity contribution is 1.09. The number of hydrogen-bond acceptors (Lipinski definition) is 3. The van der Waals surface area contributed by atoms with Gasteiger partial charge in [0.25, 0.3) is 0 Å². The van der Waals surface area contributed by atoms with E-state index in [0.717, 1.165) is 43.8 Å². The molecule has 214 valence electrons. The second-order valence-corrected chi connectivity index (χ2v) is 12.9. The first-order valence-corrected chi connectivity index (χ1v) is 16.3. The molecule has 7 aromatic carbocycles. The van der Waals surface area contributed by atoms with Crippen LogP contribution in [-0.4, -0.2) is 14.5 Å². The monoisotopic (exact) mass is 603 g/mol. The highest BCUT2D eigenvalue weighted by atomic mass is 32.1. The fraction of sp³-hybridized carbons (Fsp3) is 0. The van der Waals surface area contributed by atoms with Crippen LogP contribution in [0.1, 0.15) is 0 Å². The molecule has 0 bridgehead atoms. The third-order valence-electron chi connectivity index (χ3n) is 9.19. The second kappa shape index (κ2) is 9.83. The fourth-order valence-corrected chi connectivity index (χ4v) is 8.03. The zero-order valence-electron chi connectivity index (χ0n) is 24.7. The van der Waals surface area contributed by atoms with Crippen molar-refractivity contribution in [1.29, 1.82) is 0 Å². The molecule has 3 nitrogen and oxygen atoms in total. The van der Waals surface area contributed by atoms with Gasteiger partial charge in [-0.2, -0.15) is 0 Å². The standard InChI is InChI=1S/C42H25N3S/c1-2-10-26(11-3-1)27-18-20-29(21-19-27)39-41(44-42-40(43-39)33-16-8-9-17-37(33)46-42)45-35-23-22-28-12-6-7-15-32(28)38(35)34-24-30-13-4-5-14-31(30)25-36(34)45/h1-25H. The van der Waals surface area contributed by atoms with Crippen LogP contribution in [0.4, 0.5) is 0 Å². The van der Waals surface area contributed by atoms with Crippen molar-refractivity contribution in [3.05, 3.63) is 152 Å². The smallest absolute Gasteiger partial charge is 0.166 e. The van der Waals surface area contributed by atoms with E-state index in [1.165, 1.54) is 48.1 Å². The average Bonchev–Trinajstić information content (AvgIpc) is 3.65. The minimum atomic E-state index is 0.845. The van der Waals surface area contributed by atoms with Gasteiger partial charge in [0.15, 0.2) is 5.82 Å². The zero-order chi connectivity index (χ0) is 30.2. The summed E-state index contributed by atoms with van der Waals surface area (Å²) in [6.07, 6.45) is 0. The molecule has 0 aliphatic heterocycles. The van der Waals surface area contributed by atoms with Crippen molar-refractivity contribution in [3.8, 4) is 28.2 Å². The topological polar surface area (TPSA) is 30.7 Å². The van der Waals surface area contributed by atoms with Crippen LogP contribution in [0.25, 0.3) is 92.0 Å². The van der Waals surface area contributed by atoms with Gasteiger partial charge in [-0.05, 0) is 56.9 Å². The highest BCUT2D eigenvalue weighted by Crippen LogP contribution is 2.42. The summed E-state index contributed by atoms with van der Waals surface area (Å²) in [5, 5.41) is 8.49. The van der Waals surface area contributed by atoms with Crippen LogP contribution in [0.3, 0.4) is 0 Å². The van der Waals surface area contributed by atoms with E-state index >= 15 is 0 Å². The molecule has 0 saturated heterocycles. The number of aromatic nitrogens is 3. The maximum atomic E-state index is 5.49. The van der Waals surface area contributed by atoms with Crippen LogP contribution >= 0.6 is 11.3 Å². The van der Waals surface area contributed by atoms with Crippen LogP contribution < -0.4 is 0 Å². The quantitative estimate of drug-likeness (QED) is 0.201. The molecule has 0 spiro atoms. The molecule has 0 unspecified atom stereocenters. The Morgan fingerprint density at radius 3 is 1.93 bits per heavy atom. The van der Waals surface area contributed by atoms with Gasteiger partial charge < -0.3 is 0 Å². The van der Waals surface area contributed by atoms with Gasteiger partial charge in [0.2, 0.25) is 0 Å². The van der Waals surface area contributed by atoms with Gasteiger partial charge in [-0.3, -0.25) is 4.57 Å². The maximum absolute atomic E-state index is 5.49. The molecule has 10 rings (SSSR count). The first-order chi connectivity index (χ1) is 22.8. The fourth-order valence-electron chi connectivity index (χ4n) is 7.02. The second-order valence-electron chi connectivity index (χ2n) is 11.8. The van der Waals surface area contributed by atoms with Crippen molar-refractivity contribution >= 4 is 75.1 Å². The summed E-state index contributed by atoms with van der Waals surface area (Å²) in [5.74, 6) is 0.845. The summed E-state index contributed by atoms with van der Waals surface area (Å²) in [5.41, 5.74) is 7.48. The molecule has 10 aromatic rings. The Hall–Kier alpha value is -5.84. The molecule has 0 amide bonds. The highest BCUT2D eigenvalue weighted by Gasteiger charge is 2.22. The van der Waals surface area contributed by atoms with Crippen molar-refractivity contribution in [2.45, 2.75) is 0 Å². The number of thiophene rings is 1.